The molecule has 3 rings (SSSR count). The molecule has 2 N–H and O–H groups in total. The summed E-state index contributed by atoms with van der Waals surface area (Å²) >= 11 is 8.55. The number of halogens is 3. The average molecular weight is 473 g/mol. The Balaban J connectivity index is 0.00000133. The summed E-state index contributed by atoms with van der Waals surface area (Å²) in [5.41, 5.74) is 1.01. The van der Waals surface area contributed by atoms with Gasteiger partial charge in [-0.2, -0.15) is 4.40 Å². The summed E-state index contributed by atoms with van der Waals surface area (Å²) in [6.07, 6.45) is 0. The Morgan fingerprint density at radius 1 is 1.53 bits per heavy atom. The fourth-order valence-corrected chi connectivity index (χ4v) is 4.34. The molecule has 19 heavy (non-hydrogen) atoms. The van der Waals surface area contributed by atoms with Crippen LogP contribution in [0.25, 0.3) is 0 Å². The van der Waals surface area contributed by atoms with Gasteiger partial charge >= 0.3 is 0 Å². The summed E-state index contributed by atoms with van der Waals surface area (Å²) in [6.45, 7) is 0. The molecule has 0 fully saturated rings. The molecule has 2 atom stereocenters. The van der Waals surface area contributed by atoms with Crippen LogP contribution in [0, 0.1) is 0 Å². The number of nitrogens with two attached hydrogens (primary N) is 1. The van der Waals surface area contributed by atoms with Crippen LogP contribution in [0.3, 0.4) is 0 Å². The number of fused-ring (bicyclic) bond motifs is 2. The lowest BCUT2D eigenvalue weighted by Gasteiger charge is -2.32. The molecule has 0 radical (unpaired) electrons. The molecule has 2 aliphatic rings. The molecule has 8 heteroatoms. The second kappa shape index (κ2) is 5.38. The summed E-state index contributed by atoms with van der Waals surface area (Å²) in [6, 6.07) is 5.70. The number of nitrogens with zero attached hydrogens (tertiary/aromatic N) is 1. The van der Waals surface area contributed by atoms with Gasteiger partial charge in [0.05, 0.1) is 23.9 Å². The first kappa shape index (κ1) is 15.3. The van der Waals surface area contributed by atoms with Crippen molar-refractivity contribution >= 4 is 54.7 Å². The molecular formula is C11H9Br3N2O2S. The van der Waals surface area contributed by atoms with Crippen LogP contribution >= 0.6 is 43.8 Å². The van der Waals surface area contributed by atoms with Gasteiger partial charge in [0.2, 0.25) is 10.2 Å². The molecule has 0 saturated carbocycles. The Labute approximate surface area is 142 Å². The van der Waals surface area contributed by atoms with E-state index in [0.29, 0.717) is 10.9 Å². The van der Waals surface area contributed by atoms with Crippen LogP contribution in [0.5, 0.6) is 11.5 Å². The van der Waals surface area contributed by atoms with Crippen molar-refractivity contribution in [2.45, 2.75) is 9.15 Å². The number of ether oxygens (including phenoxy) is 2. The molecule has 0 saturated heterocycles. The van der Waals surface area contributed by atoms with E-state index in [9.17, 15) is 0 Å². The van der Waals surface area contributed by atoms with Crippen molar-refractivity contribution in [2.24, 2.45) is 4.40 Å². The number of rotatable bonds is 1. The Hall–Kier alpha value is -0.0500. The van der Waals surface area contributed by atoms with Crippen LogP contribution in [0.4, 0.5) is 0 Å². The quantitative estimate of drug-likeness (QED) is 0.416. The minimum atomic E-state index is -0.584. The number of alkyl halides is 2. The maximum Gasteiger partial charge on any atom is 0.258 e. The first-order valence-electron chi connectivity index (χ1n) is 5.14. The third kappa shape index (κ3) is 2.16. The standard InChI is InChI=1S/C11H8Br2N2O2S.BrH/c1-16-5-2-3-6-7(4-5)17-10-11(13,8(6)12)9(14)18-15-10;/h2-4,8,14H,1H3;1H. The van der Waals surface area contributed by atoms with Crippen LogP contribution in [0.1, 0.15) is 10.4 Å². The molecule has 4 nitrogen and oxygen atoms in total. The molecule has 2 aliphatic heterocycles. The van der Waals surface area contributed by atoms with Crippen LogP contribution in [-0.4, -0.2) is 22.4 Å². The highest BCUT2D eigenvalue weighted by Gasteiger charge is 2.58. The first-order chi connectivity index (χ1) is 8.57. The topological polar surface area (TPSA) is 56.4 Å². The molecule has 0 aromatic heterocycles. The van der Waals surface area contributed by atoms with Gasteiger partial charge in [-0.3, -0.25) is 0 Å². The highest BCUT2D eigenvalue weighted by molar-refractivity contribution is 9.13. The van der Waals surface area contributed by atoms with Gasteiger partial charge < -0.3 is 26.5 Å². The summed E-state index contributed by atoms with van der Waals surface area (Å²) < 4.78 is 14.7. The van der Waals surface area contributed by atoms with Gasteiger partial charge in [0, 0.05) is 11.6 Å². The fraction of sp³-hybridized carbons (Fsp3) is 0.273. The number of benzene rings is 1. The third-order valence-electron chi connectivity index (χ3n) is 2.95. The maximum absolute atomic E-state index is 6.01. The molecule has 102 valence electrons. The monoisotopic (exact) mass is 470 g/mol. The van der Waals surface area contributed by atoms with Gasteiger partial charge in [-0.25, -0.2) is 5.41 Å². The van der Waals surface area contributed by atoms with E-state index in [4.69, 9.17) is 14.9 Å². The van der Waals surface area contributed by atoms with E-state index in [-0.39, 0.29) is 21.8 Å². The van der Waals surface area contributed by atoms with Crippen LogP contribution in [-0.2, 0) is 0 Å². The van der Waals surface area contributed by atoms with E-state index >= 15 is 0 Å². The number of hydrogen-bond acceptors (Lipinski definition) is 4. The van der Waals surface area contributed by atoms with Crippen molar-refractivity contribution in [2.75, 3.05) is 7.11 Å². The molecule has 0 bridgehead atoms. The van der Waals surface area contributed by atoms with Crippen molar-refractivity contribution in [3.8, 4) is 11.5 Å². The second-order valence-electron chi connectivity index (χ2n) is 3.93. The number of methoxy groups -OCH3 is 1. The lowest BCUT2D eigenvalue weighted by atomic mass is 9.96. The van der Waals surface area contributed by atoms with Gasteiger partial charge in [0.15, 0.2) is 0 Å². The Morgan fingerprint density at radius 3 is 2.95 bits per heavy atom. The van der Waals surface area contributed by atoms with Gasteiger partial charge in [0.1, 0.15) is 11.5 Å². The summed E-state index contributed by atoms with van der Waals surface area (Å²) in [5.74, 6) is 2.05. The Bertz CT molecular complexity index is 581. The van der Waals surface area contributed by atoms with Crippen LogP contribution < -0.4 is 31.9 Å². The molecular weight excluding hydrogens is 464 g/mol. The zero-order valence-corrected chi connectivity index (χ0v) is 15.3. The van der Waals surface area contributed by atoms with E-state index in [1.54, 1.807) is 7.11 Å². The molecule has 1 aromatic rings. The van der Waals surface area contributed by atoms with Gasteiger partial charge in [0.25, 0.3) is 5.04 Å². The summed E-state index contributed by atoms with van der Waals surface area (Å²) in [4.78, 5) is -0.0339. The normalized spacial score (nSPS) is 27.6. The molecule has 0 aliphatic carbocycles. The minimum absolute atomic E-state index is 0. The predicted octanol–water partition coefficient (Wildman–Crippen LogP) is -1.12. The van der Waals surface area contributed by atoms with E-state index in [1.165, 1.54) is 11.9 Å². The van der Waals surface area contributed by atoms with Crippen molar-refractivity contribution in [3.63, 3.8) is 0 Å². The molecule has 1 aromatic carbocycles. The molecule has 2 unspecified atom stereocenters. The average Bonchev–Trinajstić information content (AvgIpc) is 2.67. The zero-order valence-electron chi connectivity index (χ0n) is 9.69. The van der Waals surface area contributed by atoms with Crippen molar-refractivity contribution in [1.82, 2.24) is 0 Å². The highest BCUT2D eigenvalue weighted by atomic mass is 79.9. The zero-order chi connectivity index (χ0) is 12.9. The lowest BCUT2D eigenvalue weighted by Crippen LogP contribution is -3.00. The molecule has 2 heterocycles. The van der Waals surface area contributed by atoms with Gasteiger partial charge in [-0.1, -0.05) is 37.9 Å². The third-order valence-corrected chi connectivity index (χ3v) is 7.00. The van der Waals surface area contributed by atoms with Crippen molar-refractivity contribution in [1.29, 1.82) is 0 Å². The van der Waals surface area contributed by atoms with E-state index < -0.39 is 4.32 Å². The Kier molecular flexibility index (Phi) is 4.35. The minimum Gasteiger partial charge on any atom is -1.00 e. The summed E-state index contributed by atoms with van der Waals surface area (Å²) in [5, 5.41) is 6.68. The van der Waals surface area contributed by atoms with E-state index in [1.807, 2.05) is 18.2 Å². The smallest absolute Gasteiger partial charge is 0.258 e. The fourth-order valence-electron chi connectivity index (χ4n) is 1.91. The SMILES string of the molecule is COc1ccc2c(c1)OC1=NSC(=[NH2+])C1(Br)C2Br.[Br-]. The lowest BCUT2D eigenvalue weighted by molar-refractivity contribution is -0.111. The first-order valence-corrected chi connectivity index (χ1v) is 7.62. The van der Waals surface area contributed by atoms with Crippen LogP contribution in [0.2, 0.25) is 0 Å². The Morgan fingerprint density at radius 2 is 2.26 bits per heavy atom. The molecule has 0 amide bonds. The molecule has 0 spiro atoms. The second-order valence-corrected chi connectivity index (χ2v) is 6.90. The number of hydrogen-bond donors (Lipinski definition) is 1. The van der Waals surface area contributed by atoms with Crippen LogP contribution in [0.15, 0.2) is 22.6 Å². The van der Waals surface area contributed by atoms with Gasteiger partial charge in [-0.15, -0.1) is 0 Å². The van der Waals surface area contributed by atoms with Gasteiger partial charge in [-0.05, 0) is 6.07 Å². The largest absolute Gasteiger partial charge is 1.00 e. The van der Waals surface area contributed by atoms with E-state index in [0.717, 1.165) is 17.1 Å². The van der Waals surface area contributed by atoms with Crippen molar-refractivity contribution < 1.29 is 31.9 Å². The maximum atomic E-state index is 6.01. The summed E-state index contributed by atoms with van der Waals surface area (Å²) in [7, 11) is 1.62. The predicted molar refractivity (Wildman–Crippen MR) is 78.9 cm³/mol. The van der Waals surface area contributed by atoms with Crippen molar-refractivity contribution in [3.05, 3.63) is 23.8 Å². The highest BCUT2D eigenvalue weighted by Crippen LogP contribution is 2.53. The van der Waals surface area contributed by atoms with E-state index in [2.05, 4.69) is 36.3 Å².